The van der Waals surface area contributed by atoms with Crippen molar-refractivity contribution in [3.63, 3.8) is 0 Å². The van der Waals surface area contributed by atoms with Crippen molar-refractivity contribution in [1.82, 2.24) is 14.8 Å². The molecule has 1 unspecified atom stereocenters. The van der Waals surface area contributed by atoms with E-state index in [4.69, 9.17) is 5.73 Å². The highest BCUT2D eigenvalue weighted by molar-refractivity contribution is 7.09. The minimum absolute atomic E-state index is 0.366. The maximum atomic E-state index is 6.03. The number of nitrogens with two attached hydrogens (primary N) is 1. The molecule has 0 saturated carbocycles. The molecule has 0 aliphatic carbocycles. The third-order valence-electron chi connectivity index (χ3n) is 2.92. The molecule has 5 nitrogen and oxygen atoms in total. The molecule has 18 heavy (non-hydrogen) atoms. The minimum Gasteiger partial charge on any atom is -0.394 e. The number of rotatable bonds is 5. The van der Waals surface area contributed by atoms with E-state index in [-0.39, 0.29) is 0 Å². The Morgan fingerprint density at radius 3 is 2.94 bits per heavy atom. The zero-order chi connectivity index (χ0) is 13.1. The smallest absolute Gasteiger partial charge is 0.148 e. The van der Waals surface area contributed by atoms with Crippen molar-refractivity contribution in [3.8, 4) is 0 Å². The first-order valence-electron chi connectivity index (χ1n) is 6.09. The molecule has 0 radical (unpaired) electrons. The van der Waals surface area contributed by atoms with E-state index < -0.39 is 0 Å². The van der Waals surface area contributed by atoms with Gasteiger partial charge in [0.15, 0.2) is 0 Å². The van der Waals surface area contributed by atoms with Crippen LogP contribution in [0.25, 0.3) is 0 Å². The lowest BCUT2D eigenvalue weighted by Crippen LogP contribution is -2.14. The van der Waals surface area contributed by atoms with Crippen molar-refractivity contribution >= 4 is 22.8 Å². The quantitative estimate of drug-likeness (QED) is 0.871. The van der Waals surface area contributed by atoms with Crippen molar-refractivity contribution in [1.29, 1.82) is 0 Å². The lowest BCUT2D eigenvalue weighted by Gasteiger charge is -2.12. The molecule has 0 fully saturated rings. The van der Waals surface area contributed by atoms with Gasteiger partial charge in [-0.3, -0.25) is 0 Å². The molecule has 2 aromatic heterocycles. The molecule has 0 saturated heterocycles. The molecule has 1 atom stereocenters. The summed E-state index contributed by atoms with van der Waals surface area (Å²) in [6.45, 7) is 7.76. The topological polar surface area (TPSA) is 68.8 Å². The average Bonchev–Trinajstić information content (AvgIpc) is 2.97. The Morgan fingerprint density at radius 2 is 2.33 bits per heavy atom. The Labute approximate surface area is 111 Å². The van der Waals surface area contributed by atoms with Crippen LogP contribution < -0.4 is 11.1 Å². The van der Waals surface area contributed by atoms with Crippen LogP contribution in [-0.2, 0) is 6.54 Å². The summed E-state index contributed by atoms with van der Waals surface area (Å²) < 4.78 is 1.90. The molecule has 0 aliphatic rings. The van der Waals surface area contributed by atoms with Crippen LogP contribution >= 0.6 is 11.3 Å². The maximum absolute atomic E-state index is 6.03. The van der Waals surface area contributed by atoms with Crippen LogP contribution in [-0.4, -0.2) is 21.3 Å². The standard InChI is InChI=1S/C12H19N5S/c1-4-17-11(10(13)9(3)16-17)15-7-8(2)12-14-5-6-18-12/h5-6,8,15H,4,7,13H2,1-3H3. The molecular weight excluding hydrogens is 246 g/mol. The van der Waals surface area contributed by atoms with Gasteiger partial charge in [0.1, 0.15) is 5.82 Å². The van der Waals surface area contributed by atoms with Crippen LogP contribution in [0.15, 0.2) is 11.6 Å². The third-order valence-corrected chi connectivity index (χ3v) is 3.93. The van der Waals surface area contributed by atoms with Gasteiger partial charge >= 0.3 is 0 Å². The van der Waals surface area contributed by atoms with Gasteiger partial charge < -0.3 is 11.1 Å². The Balaban J connectivity index is 2.06. The SMILES string of the molecule is CCn1nc(C)c(N)c1NCC(C)c1nccs1. The number of aromatic nitrogens is 3. The van der Waals surface area contributed by atoms with E-state index in [9.17, 15) is 0 Å². The van der Waals surface area contributed by atoms with Gasteiger partial charge in [0, 0.05) is 30.6 Å². The van der Waals surface area contributed by atoms with Crippen LogP contribution in [0.4, 0.5) is 11.5 Å². The highest BCUT2D eigenvalue weighted by Crippen LogP contribution is 2.24. The largest absolute Gasteiger partial charge is 0.394 e. The molecular formula is C12H19N5S. The average molecular weight is 265 g/mol. The lowest BCUT2D eigenvalue weighted by molar-refractivity contribution is 0.653. The zero-order valence-corrected chi connectivity index (χ0v) is 11.8. The summed E-state index contributed by atoms with van der Waals surface area (Å²) in [6, 6.07) is 0. The third kappa shape index (κ3) is 2.48. The van der Waals surface area contributed by atoms with E-state index in [1.165, 1.54) is 0 Å². The lowest BCUT2D eigenvalue weighted by atomic mass is 10.2. The minimum atomic E-state index is 0.366. The first-order chi connectivity index (χ1) is 8.63. The summed E-state index contributed by atoms with van der Waals surface area (Å²) in [6.07, 6.45) is 1.84. The highest BCUT2D eigenvalue weighted by atomic mass is 32.1. The second-order valence-corrected chi connectivity index (χ2v) is 5.24. The summed E-state index contributed by atoms with van der Waals surface area (Å²) in [4.78, 5) is 4.32. The van der Waals surface area contributed by atoms with Crippen LogP contribution in [0.5, 0.6) is 0 Å². The second kappa shape index (κ2) is 5.39. The van der Waals surface area contributed by atoms with Crippen molar-refractivity contribution in [2.75, 3.05) is 17.6 Å². The Kier molecular flexibility index (Phi) is 3.86. The molecule has 6 heteroatoms. The number of nitrogens with one attached hydrogen (secondary N) is 1. The van der Waals surface area contributed by atoms with E-state index in [0.29, 0.717) is 5.92 Å². The van der Waals surface area contributed by atoms with Gasteiger partial charge in [0.25, 0.3) is 0 Å². The fraction of sp³-hybridized carbons (Fsp3) is 0.500. The van der Waals surface area contributed by atoms with Crippen LogP contribution in [0.1, 0.15) is 30.5 Å². The molecule has 2 rings (SSSR count). The van der Waals surface area contributed by atoms with Crippen molar-refractivity contribution in [3.05, 3.63) is 22.3 Å². The molecule has 2 aromatic rings. The summed E-state index contributed by atoms with van der Waals surface area (Å²) in [5, 5.41) is 10.9. The summed E-state index contributed by atoms with van der Waals surface area (Å²) in [5.74, 6) is 1.28. The summed E-state index contributed by atoms with van der Waals surface area (Å²) in [7, 11) is 0. The predicted molar refractivity (Wildman–Crippen MR) is 76.1 cm³/mol. The Bertz CT molecular complexity index is 503. The number of thiazole rings is 1. The number of hydrogen-bond donors (Lipinski definition) is 2. The number of nitrogens with zero attached hydrogens (tertiary/aromatic N) is 3. The predicted octanol–water partition coefficient (Wildman–Crippen LogP) is 2.47. The van der Waals surface area contributed by atoms with Gasteiger partial charge in [-0.05, 0) is 13.8 Å². The molecule has 0 bridgehead atoms. The van der Waals surface area contributed by atoms with Gasteiger partial charge in [-0.15, -0.1) is 11.3 Å². The van der Waals surface area contributed by atoms with Crippen molar-refractivity contribution in [2.45, 2.75) is 33.2 Å². The van der Waals surface area contributed by atoms with Crippen LogP contribution in [0.2, 0.25) is 0 Å². The summed E-state index contributed by atoms with van der Waals surface area (Å²) in [5.41, 5.74) is 7.64. The maximum Gasteiger partial charge on any atom is 0.148 e. The molecule has 3 N–H and O–H groups in total. The highest BCUT2D eigenvalue weighted by Gasteiger charge is 2.13. The fourth-order valence-electron chi connectivity index (χ4n) is 1.83. The first kappa shape index (κ1) is 12.9. The van der Waals surface area contributed by atoms with E-state index in [2.05, 4.69) is 29.2 Å². The number of anilines is 2. The van der Waals surface area contributed by atoms with Gasteiger partial charge in [-0.25, -0.2) is 9.67 Å². The first-order valence-corrected chi connectivity index (χ1v) is 6.97. The molecule has 0 amide bonds. The monoisotopic (exact) mass is 265 g/mol. The Hall–Kier alpha value is -1.56. The zero-order valence-electron chi connectivity index (χ0n) is 11.0. The van der Waals surface area contributed by atoms with Gasteiger partial charge in [0.05, 0.1) is 16.4 Å². The summed E-state index contributed by atoms with van der Waals surface area (Å²) >= 11 is 1.68. The van der Waals surface area contributed by atoms with E-state index in [1.54, 1.807) is 11.3 Å². The fourth-order valence-corrected chi connectivity index (χ4v) is 2.52. The van der Waals surface area contributed by atoms with Crippen molar-refractivity contribution in [2.24, 2.45) is 0 Å². The number of aryl methyl sites for hydroxylation is 2. The Morgan fingerprint density at radius 1 is 1.56 bits per heavy atom. The number of hydrogen-bond acceptors (Lipinski definition) is 5. The van der Waals surface area contributed by atoms with Gasteiger partial charge in [-0.1, -0.05) is 6.92 Å². The van der Waals surface area contributed by atoms with Gasteiger partial charge in [-0.2, -0.15) is 5.10 Å². The van der Waals surface area contributed by atoms with E-state index in [1.807, 2.05) is 23.2 Å². The van der Waals surface area contributed by atoms with Gasteiger partial charge in [0.2, 0.25) is 0 Å². The molecule has 98 valence electrons. The molecule has 2 heterocycles. The molecule has 0 aromatic carbocycles. The number of nitrogen functional groups attached to an aromatic ring is 1. The van der Waals surface area contributed by atoms with Crippen LogP contribution in [0, 0.1) is 6.92 Å². The van der Waals surface area contributed by atoms with Crippen molar-refractivity contribution < 1.29 is 0 Å². The van der Waals surface area contributed by atoms with E-state index >= 15 is 0 Å². The van der Waals surface area contributed by atoms with Crippen LogP contribution in [0.3, 0.4) is 0 Å². The molecule has 0 aliphatic heterocycles. The van der Waals surface area contributed by atoms with E-state index in [0.717, 1.165) is 35.3 Å². The normalized spacial score (nSPS) is 12.6. The second-order valence-electron chi connectivity index (χ2n) is 4.32. The molecule has 0 spiro atoms.